The van der Waals surface area contributed by atoms with Crippen molar-refractivity contribution in [1.29, 1.82) is 0 Å². The molecular weight excluding hydrogens is 372 g/mol. The first-order valence-electron chi connectivity index (χ1n) is 8.36. The maximum Gasteiger partial charge on any atom is 0.335 e. The molecule has 3 aromatic rings. The van der Waals surface area contributed by atoms with Gasteiger partial charge in [0.05, 0.1) is 33.7 Å². The van der Waals surface area contributed by atoms with E-state index >= 15 is 0 Å². The summed E-state index contributed by atoms with van der Waals surface area (Å²) >= 11 is 0. The molecule has 2 N–H and O–H groups in total. The molecule has 1 heterocycles. The molecular formula is C19H18O7S. The number of hydrogen-bond acceptors (Lipinski definition) is 6. The van der Waals surface area contributed by atoms with Crippen LogP contribution in [0.4, 0.5) is 0 Å². The van der Waals surface area contributed by atoms with Crippen LogP contribution in [-0.4, -0.2) is 39.4 Å². The highest BCUT2D eigenvalue weighted by Gasteiger charge is 2.17. The Hall–Kier alpha value is -2.71. The number of benzene rings is 2. The molecule has 0 spiro atoms. The van der Waals surface area contributed by atoms with Crippen molar-refractivity contribution < 1.29 is 28.4 Å². The van der Waals surface area contributed by atoms with Gasteiger partial charge in [0.1, 0.15) is 12.2 Å². The van der Waals surface area contributed by atoms with Gasteiger partial charge < -0.3 is 19.4 Å². The van der Waals surface area contributed by atoms with Crippen molar-refractivity contribution in [1.82, 2.24) is 0 Å². The topological polar surface area (TPSA) is 114 Å². The second-order valence-corrected chi connectivity index (χ2v) is 7.44. The minimum atomic E-state index is -1.33. The zero-order valence-electron chi connectivity index (χ0n) is 14.6. The molecule has 0 fully saturated rings. The van der Waals surface area contributed by atoms with Crippen LogP contribution >= 0.6 is 0 Å². The van der Waals surface area contributed by atoms with E-state index in [-0.39, 0.29) is 46.5 Å². The quantitative estimate of drug-likeness (QED) is 0.596. The highest BCUT2D eigenvalue weighted by Crippen LogP contribution is 2.30. The fraction of sp³-hybridized carbons (Fsp3) is 0.263. The van der Waals surface area contributed by atoms with Gasteiger partial charge in [0.2, 0.25) is 5.43 Å². The van der Waals surface area contributed by atoms with Gasteiger partial charge in [-0.1, -0.05) is 6.92 Å². The number of aliphatic hydroxyl groups excluding tert-OH is 1. The van der Waals surface area contributed by atoms with Crippen LogP contribution in [0.15, 0.2) is 44.4 Å². The Kier molecular flexibility index (Phi) is 5.57. The summed E-state index contributed by atoms with van der Waals surface area (Å²) < 4.78 is 23.7. The molecule has 1 unspecified atom stereocenters. The van der Waals surface area contributed by atoms with Crippen molar-refractivity contribution in [2.24, 2.45) is 0 Å². The molecule has 3 rings (SSSR count). The van der Waals surface area contributed by atoms with Crippen LogP contribution in [-0.2, 0) is 10.8 Å². The van der Waals surface area contributed by atoms with Crippen molar-refractivity contribution in [2.75, 3.05) is 19.0 Å². The highest BCUT2D eigenvalue weighted by molar-refractivity contribution is 7.85. The van der Waals surface area contributed by atoms with Crippen LogP contribution in [0.2, 0.25) is 0 Å². The van der Waals surface area contributed by atoms with E-state index in [2.05, 4.69) is 0 Å². The number of carboxylic acid groups (broad SMARTS) is 1. The van der Waals surface area contributed by atoms with E-state index in [1.54, 1.807) is 6.07 Å². The molecule has 0 saturated heterocycles. The molecule has 0 bridgehead atoms. The molecule has 0 radical (unpaired) electrons. The predicted molar refractivity (Wildman–Crippen MR) is 101 cm³/mol. The van der Waals surface area contributed by atoms with E-state index in [1.165, 1.54) is 24.3 Å². The fourth-order valence-electron chi connectivity index (χ4n) is 2.73. The van der Waals surface area contributed by atoms with Gasteiger partial charge in [-0.15, -0.1) is 0 Å². The Balaban J connectivity index is 2.33. The second-order valence-electron chi connectivity index (χ2n) is 5.87. The van der Waals surface area contributed by atoms with Gasteiger partial charge in [-0.25, -0.2) is 4.79 Å². The molecule has 1 aromatic heterocycles. The van der Waals surface area contributed by atoms with E-state index < -0.39 is 22.2 Å². The van der Waals surface area contributed by atoms with Crippen LogP contribution in [0.1, 0.15) is 23.7 Å². The summed E-state index contributed by atoms with van der Waals surface area (Å²) in [5, 5.41) is 18.5. The predicted octanol–water partition coefficient (Wildman–Crippen LogP) is 2.53. The van der Waals surface area contributed by atoms with Gasteiger partial charge in [-0.05, 0) is 30.7 Å². The summed E-state index contributed by atoms with van der Waals surface area (Å²) in [6.07, 6.45) is 0.700. The van der Waals surface area contributed by atoms with Gasteiger partial charge in [-0.2, -0.15) is 0 Å². The molecule has 0 saturated carbocycles. The minimum absolute atomic E-state index is 0.0152. The minimum Gasteiger partial charge on any atom is -0.487 e. The van der Waals surface area contributed by atoms with Crippen LogP contribution in [0.25, 0.3) is 21.9 Å². The maximum atomic E-state index is 13.0. The normalized spacial score (nSPS) is 12.4. The van der Waals surface area contributed by atoms with Gasteiger partial charge >= 0.3 is 5.97 Å². The van der Waals surface area contributed by atoms with E-state index in [0.29, 0.717) is 17.1 Å². The Morgan fingerprint density at radius 3 is 2.67 bits per heavy atom. The molecule has 0 aliphatic carbocycles. The fourth-order valence-corrected chi connectivity index (χ4v) is 3.83. The lowest BCUT2D eigenvalue weighted by atomic mass is 10.1. The molecule has 8 heteroatoms. The number of carbonyl (C=O) groups is 1. The number of hydrogen-bond donors (Lipinski definition) is 2. The van der Waals surface area contributed by atoms with Crippen molar-refractivity contribution in [3.63, 3.8) is 0 Å². The number of ether oxygens (including phenoxy) is 1. The van der Waals surface area contributed by atoms with Crippen LogP contribution in [0.3, 0.4) is 0 Å². The Labute approximate surface area is 156 Å². The second kappa shape index (κ2) is 7.89. The average molecular weight is 390 g/mol. The van der Waals surface area contributed by atoms with Gasteiger partial charge in [0.15, 0.2) is 11.3 Å². The molecule has 142 valence electrons. The maximum absolute atomic E-state index is 13.0. The first-order chi connectivity index (χ1) is 13.0. The molecule has 0 amide bonds. The smallest absolute Gasteiger partial charge is 0.335 e. The summed E-state index contributed by atoms with van der Waals surface area (Å²) in [4.78, 5) is 24.6. The third-order valence-electron chi connectivity index (χ3n) is 3.96. The average Bonchev–Trinajstić information content (AvgIpc) is 2.66. The lowest BCUT2D eigenvalue weighted by Gasteiger charge is -2.11. The van der Waals surface area contributed by atoms with Gasteiger partial charge in [-0.3, -0.25) is 9.00 Å². The summed E-state index contributed by atoms with van der Waals surface area (Å²) in [7, 11) is -1.33. The zero-order valence-corrected chi connectivity index (χ0v) is 15.4. The van der Waals surface area contributed by atoms with Crippen molar-refractivity contribution in [3.8, 4) is 5.75 Å². The van der Waals surface area contributed by atoms with Crippen molar-refractivity contribution in [3.05, 3.63) is 46.1 Å². The van der Waals surface area contributed by atoms with Gasteiger partial charge in [0.25, 0.3) is 0 Å². The molecule has 7 nitrogen and oxygen atoms in total. The molecule has 2 aromatic carbocycles. The molecule has 0 aliphatic rings. The van der Waals surface area contributed by atoms with E-state index in [9.17, 15) is 13.8 Å². The van der Waals surface area contributed by atoms with Crippen molar-refractivity contribution in [2.45, 2.75) is 18.2 Å². The first-order valence-corrected chi connectivity index (χ1v) is 9.68. The van der Waals surface area contributed by atoms with E-state index in [1.807, 2.05) is 6.92 Å². The molecule has 27 heavy (non-hydrogen) atoms. The zero-order chi connectivity index (χ0) is 19.6. The summed E-state index contributed by atoms with van der Waals surface area (Å²) in [5.74, 6) is -0.518. The lowest BCUT2D eigenvalue weighted by Crippen LogP contribution is -2.08. The largest absolute Gasteiger partial charge is 0.487 e. The third-order valence-corrected chi connectivity index (χ3v) is 5.50. The number of carboxylic acids is 1. The lowest BCUT2D eigenvalue weighted by molar-refractivity contribution is 0.0697. The van der Waals surface area contributed by atoms with E-state index in [4.69, 9.17) is 19.4 Å². The van der Waals surface area contributed by atoms with E-state index in [0.717, 1.165) is 0 Å². The Morgan fingerprint density at radius 1 is 1.22 bits per heavy atom. The summed E-state index contributed by atoms with van der Waals surface area (Å²) in [5.41, 5.74) is -0.0785. The van der Waals surface area contributed by atoms with Gasteiger partial charge in [0, 0.05) is 16.7 Å². The first kappa shape index (κ1) is 19.1. The number of aliphatic hydroxyl groups is 1. The monoisotopic (exact) mass is 390 g/mol. The SMILES string of the molecule is CCCS(=O)c1cc(OCCO)c2oc3ccc(C(=O)O)cc3c(=O)c2c1. The molecule has 1 atom stereocenters. The van der Waals surface area contributed by atoms with Crippen molar-refractivity contribution >= 4 is 38.7 Å². The standard InChI is InChI=1S/C19H18O7S/c1-2-7-27(24)12-9-14-17(21)13-8-11(19(22)23)3-4-15(13)26-18(14)16(10-12)25-6-5-20/h3-4,8-10,20H,2,5-7H2,1H3,(H,22,23). The van der Waals surface area contributed by atoms with Crippen LogP contribution in [0, 0.1) is 0 Å². The summed E-state index contributed by atoms with van der Waals surface area (Å²) in [6, 6.07) is 7.06. The number of fused-ring (bicyclic) bond motifs is 2. The van der Waals surface area contributed by atoms with Crippen LogP contribution < -0.4 is 10.2 Å². The highest BCUT2D eigenvalue weighted by atomic mass is 32.2. The summed E-state index contributed by atoms with van der Waals surface area (Å²) in [6.45, 7) is 1.65. The third kappa shape index (κ3) is 3.72. The molecule has 0 aliphatic heterocycles. The number of rotatable bonds is 7. The Bertz CT molecular complexity index is 1100. The van der Waals surface area contributed by atoms with Crippen LogP contribution in [0.5, 0.6) is 5.75 Å². The Morgan fingerprint density at radius 2 is 2.00 bits per heavy atom. The number of aromatic carboxylic acids is 1.